The van der Waals surface area contributed by atoms with Crippen molar-refractivity contribution >= 4 is 109 Å². The third-order valence-electron chi connectivity index (χ3n) is 12.2. The van der Waals surface area contributed by atoms with Crippen LogP contribution < -0.4 is 0 Å². The molecule has 0 fully saturated rings. The highest BCUT2D eigenvalue weighted by atomic mass is 16.3. The second kappa shape index (κ2) is 11.1. The van der Waals surface area contributed by atoms with Gasteiger partial charge in [0.05, 0.1) is 0 Å². The molecule has 13 aromatic rings. The summed E-state index contributed by atoms with van der Waals surface area (Å²) in [5.74, 6) is 0. The SMILES string of the molecule is c1ccc2c(c1)ccc1c3ccccc3c(-c3ccc4oc5ccc(-c6ccc7c(c6)c6ccccc6c6ccc8oc9ccccc9c8c67)cc5c4c3)cc21. The van der Waals surface area contributed by atoms with Crippen molar-refractivity contribution in [2.75, 3.05) is 0 Å². The molecule has 0 spiro atoms. The fourth-order valence-corrected chi connectivity index (χ4v) is 9.66. The number of hydrogen-bond acceptors (Lipinski definition) is 2. The predicted octanol–water partition coefficient (Wildman–Crippen LogP) is 15.7. The molecule has 0 aliphatic heterocycles. The van der Waals surface area contributed by atoms with Crippen LogP contribution in [0, 0.1) is 0 Å². The molecule has 0 amide bonds. The number of furan rings is 2. The first-order valence-corrected chi connectivity index (χ1v) is 19.2. The van der Waals surface area contributed by atoms with Crippen LogP contribution in [0.5, 0.6) is 0 Å². The highest BCUT2D eigenvalue weighted by Gasteiger charge is 2.18. The van der Waals surface area contributed by atoms with Gasteiger partial charge < -0.3 is 8.83 Å². The maximum Gasteiger partial charge on any atom is 0.136 e. The minimum absolute atomic E-state index is 0.890. The van der Waals surface area contributed by atoms with E-state index in [4.69, 9.17) is 8.83 Å². The molecular weight excluding hydrogens is 681 g/mol. The average molecular weight is 711 g/mol. The summed E-state index contributed by atoms with van der Waals surface area (Å²) >= 11 is 0. The first-order valence-electron chi connectivity index (χ1n) is 19.2. The molecule has 2 aromatic heterocycles. The third-order valence-corrected chi connectivity index (χ3v) is 12.2. The van der Waals surface area contributed by atoms with Gasteiger partial charge in [-0.25, -0.2) is 0 Å². The van der Waals surface area contributed by atoms with Gasteiger partial charge in [0.2, 0.25) is 0 Å². The second-order valence-electron chi connectivity index (χ2n) is 15.1. The van der Waals surface area contributed by atoms with Gasteiger partial charge >= 0.3 is 0 Å². The highest BCUT2D eigenvalue weighted by Crippen LogP contribution is 2.45. The molecule has 0 bridgehead atoms. The lowest BCUT2D eigenvalue weighted by atomic mass is 9.89. The standard InChI is InChI=1S/C54H30O2/c1-2-10-35-31(9-1)17-21-40-36-11-3-5-13-38(36)44(30-46(35)40)34-20-25-51-48(29-34)47-28-33(19-24-50(47)55-51)32-18-22-42-45(27-32)39-14-6-4-12-37(39)41-23-26-52-54(53(41)42)43-15-7-8-16-49(43)56-52/h1-30H. The van der Waals surface area contributed by atoms with E-state index >= 15 is 0 Å². The monoisotopic (exact) mass is 710 g/mol. The topological polar surface area (TPSA) is 26.3 Å². The van der Waals surface area contributed by atoms with Crippen LogP contribution >= 0.6 is 0 Å². The highest BCUT2D eigenvalue weighted by molar-refractivity contribution is 6.35. The second-order valence-corrected chi connectivity index (χ2v) is 15.1. The van der Waals surface area contributed by atoms with Crippen molar-refractivity contribution in [2.45, 2.75) is 0 Å². The lowest BCUT2D eigenvalue weighted by Crippen LogP contribution is -1.86. The van der Waals surface area contributed by atoms with Crippen LogP contribution in [0.1, 0.15) is 0 Å². The van der Waals surface area contributed by atoms with Crippen molar-refractivity contribution in [3.8, 4) is 22.3 Å². The molecule has 258 valence electrons. The number of benzene rings is 11. The molecule has 0 N–H and O–H groups in total. The summed E-state index contributed by atoms with van der Waals surface area (Å²) in [6.07, 6.45) is 0. The largest absolute Gasteiger partial charge is 0.456 e. The molecule has 0 unspecified atom stereocenters. The van der Waals surface area contributed by atoms with E-state index < -0.39 is 0 Å². The van der Waals surface area contributed by atoms with Crippen molar-refractivity contribution in [3.05, 3.63) is 182 Å². The van der Waals surface area contributed by atoms with Crippen LogP contribution in [-0.4, -0.2) is 0 Å². The van der Waals surface area contributed by atoms with E-state index in [9.17, 15) is 0 Å². The van der Waals surface area contributed by atoms with E-state index in [2.05, 4.69) is 176 Å². The lowest BCUT2D eigenvalue weighted by molar-refractivity contribution is 0.668. The van der Waals surface area contributed by atoms with Crippen LogP contribution in [0.4, 0.5) is 0 Å². The zero-order valence-electron chi connectivity index (χ0n) is 30.1. The molecule has 0 atom stereocenters. The fourth-order valence-electron chi connectivity index (χ4n) is 9.66. The Balaban J connectivity index is 1.03. The Kier molecular flexibility index (Phi) is 5.92. The van der Waals surface area contributed by atoms with Crippen molar-refractivity contribution in [3.63, 3.8) is 0 Å². The molecular formula is C54H30O2. The Morgan fingerprint density at radius 3 is 1.50 bits per heavy atom. The average Bonchev–Trinajstić information content (AvgIpc) is 3.83. The molecule has 2 heteroatoms. The van der Waals surface area contributed by atoms with Crippen molar-refractivity contribution in [1.82, 2.24) is 0 Å². The van der Waals surface area contributed by atoms with Gasteiger partial charge in [0.15, 0.2) is 0 Å². The molecule has 13 rings (SSSR count). The Morgan fingerprint density at radius 2 is 0.696 bits per heavy atom. The van der Waals surface area contributed by atoms with E-state index in [1.165, 1.54) is 86.7 Å². The van der Waals surface area contributed by atoms with Crippen molar-refractivity contribution in [2.24, 2.45) is 0 Å². The summed E-state index contributed by atoms with van der Waals surface area (Å²) in [6, 6.07) is 66.2. The number of hydrogen-bond donors (Lipinski definition) is 0. The summed E-state index contributed by atoms with van der Waals surface area (Å²) < 4.78 is 12.9. The molecule has 0 aliphatic rings. The molecule has 0 saturated heterocycles. The Labute approximate surface area is 320 Å². The normalized spacial score (nSPS) is 12.3. The molecule has 0 saturated carbocycles. The van der Waals surface area contributed by atoms with Gasteiger partial charge in [-0.2, -0.15) is 0 Å². The van der Waals surface area contributed by atoms with E-state index in [0.29, 0.717) is 0 Å². The van der Waals surface area contributed by atoms with Gasteiger partial charge in [-0.1, -0.05) is 127 Å². The quantitative estimate of drug-likeness (QED) is 0.167. The molecule has 2 nitrogen and oxygen atoms in total. The smallest absolute Gasteiger partial charge is 0.136 e. The van der Waals surface area contributed by atoms with Gasteiger partial charge in [-0.3, -0.25) is 0 Å². The van der Waals surface area contributed by atoms with Gasteiger partial charge in [0.1, 0.15) is 22.3 Å². The maximum atomic E-state index is 6.49. The molecule has 0 aliphatic carbocycles. The Hall–Kier alpha value is -7.42. The summed E-state index contributed by atoms with van der Waals surface area (Å²) in [4.78, 5) is 0. The predicted molar refractivity (Wildman–Crippen MR) is 237 cm³/mol. The van der Waals surface area contributed by atoms with Gasteiger partial charge in [0, 0.05) is 26.9 Å². The number of para-hydroxylation sites is 1. The first-order chi connectivity index (χ1) is 27.7. The van der Waals surface area contributed by atoms with E-state index in [-0.39, 0.29) is 0 Å². The summed E-state index contributed by atoms with van der Waals surface area (Å²) in [5.41, 5.74) is 8.35. The minimum Gasteiger partial charge on any atom is -0.456 e. The van der Waals surface area contributed by atoms with Crippen LogP contribution in [0.3, 0.4) is 0 Å². The van der Waals surface area contributed by atoms with Crippen LogP contribution in [0.25, 0.3) is 131 Å². The first kappa shape index (κ1) is 30.0. The Morgan fingerprint density at radius 1 is 0.232 bits per heavy atom. The maximum absolute atomic E-state index is 6.49. The van der Waals surface area contributed by atoms with Crippen molar-refractivity contribution in [1.29, 1.82) is 0 Å². The van der Waals surface area contributed by atoms with Crippen LogP contribution in [0.15, 0.2) is 191 Å². The minimum atomic E-state index is 0.890. The van der Waals surface area contributed by atoms with E-state index in [1.54, 1.807) is 0 Å². The number of fused-ring (bicyclic) bond motifs is 18. The number of rotatable bonds is 2. The fraction of sp³-hybridized carbons (Fsp3) is 0. The van der Waals surface area contributed by atoms with Crippen molar-refractivity contribution < 1.29 is 8.83 Å². The lowest BCUT2D eigenvalue weighted by Gasteiger charge is -2.13. The van der Waals surface area contributed by atoms with E-state index in [1.807, 2.05) is 6.07 Å². The van der Waals surface area contributed by atoms with Gasteiger partial charge in [-0.05, 0) is 136 Å². The molecule has 0 radical (unpaired) electrons. The summed E-state index contributed by atoms with van der Waals surface area (Å²) in [5, 5.41) is 19.6. The zero-order chi connectivity index (χ0) is 36.5. The summed E-state index contributed by atoms with van der Waals surface area (Å²) in [7, 11) is 0. The molecule has 11 aromatic carbocycles. The van der Waals surface area contributed by atoms with E-state index in [0.717, 1.165) is 44.1 Å². The zero-order valence-corrected chi connectivity index (χ0v) is 30.1. The van der Waals surface area contributed by atoms with Gasteiger partial charge in [0.25, 0.3) is 0 Å². The summed E-state index contributed by atoms with van der Waals surface area (Å²) in [6.45, 7) is 0. The Bertz CT molecular complexity index is 3820. The third kappa shape index (κ3) is 4.10. The molecule has 2 heterocycles. The van der Waals surface area contributed by atoms with Gasteiger partial charge in [-0.15, -0.1) is 0 Å². The van der Waals surface area contributed by atoms with Crippen LogP contribution in [-0.2, 0) is 0 Å². The van der Waals surface area contributed by atoms with Crippen LogP contribution in [0.2, 0.25) is 0 Å². The molecule has 56 heavy (non-hydrogen) atoms.